The molecule has 0 atom stereocenters. The summed E-state index contributed by atoms with van der Waals surface area (Å²) in [4.78, 5) is 13.3. The fourth-order valence-electron chi connectivity index (χ4n) is 2.82. The van der Waals surface area contributed by atoms with Gasteiger partial charge in [-0.05, 0) is 38.5 Å². The first-order valence-electron chi connectivity index (χ1n) is 6.86. The third kappa shape index (κ3) is 3.35. The molecule has 0 radical (unpaired) electrons. The lowest BCUT2D eigenvalue weighted by atomic mass is 9.81. The second kappa shape index (κ2) is 5.71. The molecule has 1 amide bonds. The van der Waals surface area contributed by atoms with E-state index in [0.29, 0.717) is 12.6 Å². The Bertz CT molecular complexity index is 256. The Morgan fingerprint density at radius 2 is 1.94 bits per heavy atom. The molecule has 17 heavy (non-hydrogen) atoms. The summed E-state index contributed by atoms with van der Waals surface area (Å²) in [5.74, 6) is 0.895. The van der Waals surface area contributed by atoms with Crippen molar-refractivity contribution in [3.8, 4) is 0 Å². The molecule has 0 spiro atoms. The summed E-state index contributed by atoms with van der Waals surface area (Å²) in [6.45, 7) is 6.29. The predicted octanol–water partition coefficient (Wildman–Crippen LogP) is 2.00. The minimum Gasteiger partial charge on any atom is -0.450 e. The molecule has 4 nitrogen and oxygen atoms in total. The van der Waals surface area contributed by atoms with Crippen LogP contribution in [0.2, 0.25) is 0 Å². The predicted molar refractivity (Wildman–Crippen MR) is 66.9 cm³/mol. The summed E-state index contributed by atoms with van der Waals surface area (Å²) in [6.07, 6.45) is 4.60. The number of carbonyl (C=O) groups is 1. The lowest BCUT2D eigenvalue weighted by Crippen LogP contribution is -2.51. The molecule has 2 aliphatic rings. The monoisotopic (exact) mass is 240 g/mol. The second-order valence-corrected chi connectivity index (χ2v) is 5.40. The van der Waals surface area contributed by atoms with E-state index in [1.54, 1.807) is 0 Å². The molecule has 1 heterocycles. The molecule has 1 saturated heterocycles. The Hall–Kier alpha value is -0.770. The number of rotatable bonds is 3. The van der Waals surface area contributed by atoms with E-state index in [1.165, 1.54) is 12.8 Å². The smallest absolute Gasteiger partial charge is 0.409 e. The van der Waals surface area contributed by atoms with Crippen LogP contribution in [0.3, 0.4) is 0 Å². The van der Waals surface area contributed by atoms with Gasteiger partial charge in [-0.2, -0.15) is 0 Å². The highest BCUT2D eigenvalue weighted by Gasteiger charge is 2.29. The number of likely N-dealkylation sites (tertiary alicyclic amines) is 1. The van der Waals surface area contributed by atoms with Gasteiger partial charge in [-0.15, -0.1) is 0 Å². The molecule has 0 aromatic rings. The van der Waals surface area contributed by atoms with Crippen molar-refractivity contribution < 1.29 is 9.53 Å². The van der Waals surface area contributed by atoms with Crippen LogP contribution < -0.4 is 5.32 Å². The Morgan fingerprint density at radius 3 is 2.47 bits per heavy atom. The van der Waals surface area contributed by atoms with E-state index in [-0.39, 0.29) is 6.09 Å². The first-order chi connectivity index (χ1) is 8.19. The van der Waals surface area contributed by atoms with E-state index in [9.17, 15) is 4.79 Å². The van der Waals surface area contributed by atoms with Crippen LogP contribution in [-0.2, 0) is 4.74 Å². The van der Waals surface area contributed by atoms with E-state index in [1.807, 2.05) is 11.8 Å². The van der Waals surface area contributed by atoms with Gasteiger partial charge < -0.3 is 15.0 Å². The number of carbonyl (C=O) groups excluding carboxylic acids is 1. The lowest BCUT2D eigenvalue weighted by molar-refractivity contribution is 0.0914. The van der Waals surface area contributed by atoms with E-state index < -0.39 is 0 Å². The summed E-state index contributed by atoms with van der Waals surface area (Å²) in [6, 6.07) is 1.32. The fraction of sp³-hybridized carbons (Fsp3) is 0.923. The number of piperidine rings is 1. The number of nitrogens with one attached hydrogen (secondary N) is 1. The standard InChI is InChI=1S/C13H24N2O2/c1-3-17-13(16)15-6-4-11(5-7-15)14-12-8-10(2)9-12/h10-12,14H,3-9H2,1-2H3. The van der Waals surface area contributed by atoms with E-state index in [2.05, 4.69) is 12.2 Å². The van der Waals surface area contributed by atoms with Gasteiger partial charge in [0.25, 0.3) is 0 Å². The molecular weight excluding hydrogens is 216 g/mol. The Labute approximate surface area is 104 Å². The van der Waals surface area contributed by atoms with Crippen molar-refractivity contribution in [2.45, 2.75) is 51.6 Å². The van der Waals surface area contributed by atoms with Crippen molar-refractivity contribution in [1.29, 1.82) is 0 Å². The van der Waals surface area contributed by atoms with Crippen molar-refractivity contribution in [3.63, 3.8) is 0 Å². The molecule has 2 fully saturated rings. The second-order valence-electron chi connectivity index (χ2n) is 5.40. The molecule has 0 aromatic carbocycles. The first kappa shape index (κ1) is 12.7. The topological polar surface area (TPSA) is 41.6 Å². The van der Waals surface area contributed by atoms with Gasteiger partial charge in [0, 0.05) is 25.2 Å². The van der Waals surface area contributed by atoms with Crippen molar-refractivity contribution in [2.24, 2.45) is 5.92 Å². The Morgan fingerprint density at radius 1 is 1.29 bits per heavy atom. The number of nitrogens with zero attached hydrogens (tertiary/aromatic N) is 1. The minimum atomic E-state index is -0.150. The molecule has 0 bridgehead atoms. The van der Waals surface area contributed by atoms with Gasteiger partial charge in [0.2, 0.25) is 0 Å². The molecule has 1 saturated carbocycles. The highest BCUT2D eigenvalue weighted by atomic mass is 16.6. The number of ether oxygens (including phenoxy) is 1. The van der Waals surface area contributed by atoms with E-state index in [0.717, 1.165) is 37.9 Å². The molecular formula is C13H24N2O2. The van der Waals surface area contributed by atoms with Crippen LogP contribution in [0.4, 0.5) is 4.79 Å². The molecule has 1 aliphatic carbocycles. The largest absolute Gasteiger partial charge is 0.450 e. The highest BCUT2D eigenvalue weighted by Crippen LogP contribution is 2.27. The van der Waals surface area contributed by atoms with E-state index >= 15 is 0 Å². The van der Waals surface area contributed by atoms with Gasteiger partial charge in [0.1, 0.15) is 0 Å². The van der Waals surface area contributed by atoms with Crippen LogP contribution in [0.15, 0.2) is 0 Å². The third-order valence-electron chi connectivity index (χ3n) is 3.87. The van der Waals surface area contributed by atoms with Crippen molar-refractivity contribution in [1.82, 2.24) is 10.2 Å². The number of hydrogen-bond donors (Lipinski definition) is 1. The van der Waals surface area contributed by atoms with Crippen LogP contribution in [0, 0.1) is 5.92 Å². The Balaban J connectivity index is 1.65. The van der Waals surface area contributed by atoms with Crippen LogP contribution in [0.1, 0.15) is 39.5 Å². The summed E-state index contributed by atoms with van der Waals surface area (Å²) in [7, 11) is 0. The van der Waals surface area contributed by atoms with Gasteiger partial charge in [-0.25, -0.2) is 4.79 Å². The molecule has 4 heteroatoms. The van der Waals surface area contributed by atoms with Crippen molar-refractivity contribution >= 4 is 6.09 Å². The number of hydrogen-bond acceptors (Lipinski definition) is 3. The zero-order valence-electron chi connectivity index (χ0n) is 10.9. The van der Waals surface area contributed by atoms with Crippen LogP contribution in [0.5, 0.6) is 0 Å². The summed E-state index contributed by atoms with van der Waals surface area (Å²) in [5, 5.41) is 3.70. The summed E-state index contributed by atoms with van der Waals surface area (Å²) in [5.41, 5.74) is 0. The molecule has 1 N–H and O–H groups in total. The third-order valence-corrected chi connectivity index (χ3v) is 3.87. The molecule has 0 unspecified atom stereocenters. The van der Waals surface area contributed by atoms with Crippen molar-refractivity contribution in [3.05, 3.63) is 0 Å². The van der Waals surface area contributed by atoms with Crippen LogP contribution in [0.25, 0.3) is 0 Å². The maximum absolute atomic E-state index is 11.5. The van der Waals surface area contributed by atoms with Crippen molar-refractivity contribution in [2.75, 3.05) is 19.7 Å². The quantitative estimate of drug-likeness (QED) is 0.820. The zero-order chi connectivity index (χ0) is 12.3. The van der Waals surface area contributed by atoms with Gasteiger partial charge in [-0.1, -0.05) is 6.92 Å². The van der Waals surface area contributed by atoms with Crippen LogP contribution in [-0.4, -0.2) is 42.8 Å². The van der Waals surface area contributed by atoms with E-state index in [4.69, 9.17) is 4.74 Å². The Kier molecular flexibility index (Phi) is 4.26. The van der Waals surface area contributed by atoms with Gasteiger partial charge in [-0.3, -0.25) is 0 Å². The average Bonchev–Trinajstić information content (AvgIpc) is 2.28. The highest BCUT2D eigenvalue weighted by molar-refractivity contribution is 5.67. The SMILES string of the molecule is CCOC(=O)N1CCC(NC2CC(C)C2)CC1. The molecule has 1 aliphatic heterocycles. The normalized spacial score (nSPS) is 29.9. The molecule has 2 rings (SSSR count). The van der Waals surface area contributed by atoms with Gasteiger partial charge in [0.05, 0.1) is 6.61 Å². The van der Waals surface area contributed by atoms with Crippen LogP contribution >= 0.6 is 0 Å². The summed E-state index contributed by atoms with van der Waals surface area (Å²) >= 11 is 0. The average molecular weight is 240 g/mol. The fourth-order valence-corrected chi connectivity index (χ4v) is 2.82. The van der Waals surface area contributed by atoms with Gasteiger partial charge >= 0.3 is 6.09 Å². The number of amides is 1. The summed E-state index contributed by atoms with van der Waals surface area (Å²) < 4.78 is 5.01. The first-order valence-corrected chi connectivity index (χ1v) is 6.86. The lowest BCUT2D eigenvalue weighted by Gasteiger charge is -2.39. The minimum absolute atomic E-state index is 0.150. The maximum atomic E-state index is 11.5. The molecule has 98 valence electrons. The molecule has 0 aromatic heterocycles. The zero-order valence-corrected chi connectivity index (χ0v) is 10.9. The van der Waals surface area contributed by atoms with Gasteiger partial charge in [0.15, 0.2) is 0 Å². The maximum Gasteiger partial charge on any atom is 0.409 e.